The minimum absolute atomic E-state index is 0.262. The summed E-state index contributed by atoms with van der Waals surface area (Å²) in [7, 11) is 0. The van der Waals surface area contributed by atoms with Gasteiger partial charge in [0.2, 0.25) is 0 Å². The maximum absolute atomic E-state index is 12.8. The fourth-order valence-electron chi connectivity index (χ4n) is 3.12. The van der Waals surface area contributed by atoms with Crippen molar-refractivity contribution < 1.29 is 9.53 Å². The number of nitrogens with zero attached hydrogens (tertiary/aromatic N) is 1. The Kier molecular flexibility index (Phi) is 4.50. The average Bonchev–Trinajstić information content (AvgIpc) is 2.52. The number of allylic oxidation sites excluding steroid dienone is 1. The Hall–Kier alpha value is -2.07. The third-order valence-electron chi connectivity index (χ3n) is 4.16. The number of hydrogen-bond donors (Lipinski definition) is 0. The van der Waals surface area contributed by atoms with Gasteiger partial charge in [-0.25, -0.2) is 4.79 Å². The van der Waals surface area contributed by atoms with Gasteiger partial charge >= 0.3 is 6.09 Å². The molecule has 0 bridgehead atoms. The highest BCUT2D eigenvalue weighted by atomic mass is 79.9. The number of anilines is 1. The van der Waals surface area contributed by atoms with E-state index in [0.29, 0.717) is 0 Å². The van der Waals surface area contributed by atoms with E-state index in [1.165, 1.54) is 0 Å². The first-order chi connectivity index (χ1) is 11.4. The molecule has 0 N–H and O–H groups in total. The highest BCUT2D eigenvalue weighted by molar-refractivity contribution is 9.10. The van der Waals surface area contributed by atoms with Crippen molar-refractivity contribution in [2.45, 2.75) is 32.9 Å². The van der Waals surface area contributed by atoms with E-state index in [2.05, 4.69) is 28.9 Å². The van der Waals surface area contributed by atoms with Crippen LogP contribution in [0.5, 0.6) is 0 Å². The van der Waals surface area contributed by atoms with Gasteiger partial charge in [-0.1, -0.05) is 58.4 Å². The van der Waals surface area contributed by atoms with Crippen LogP contribution in [0.25, 0.3) is 5.57 Å². The number of hydrogen-bond acceptors (Lipinski definition) is 2. The van der Waals surface area contributed by atoms with Gasteiger partial charge in [-0.2, -0.15) is 0 Å². The predicted octanol–water partition coefficient (Wildman–Crippen LogP) is 5.79. The van der Waals surface area contributed by atoms with Gasteiger partial charge in [0, 0.05) is 10.0 Å². The Bertz CT molecular complexity index is 797. The van der Waals surface area contributed by atoms with Crippen LogP contribution in [-0.4, -0.2) is 11.6 Å². The number of ether oxygens (including phenoxy) is 1. The van der Waals surface area contributed by atoms with Crippen LogP contribution >= 0.6 is 15.9 Å². The molecule has 2 aromatic rings. The fraction of sp³-hybridized carbons (Fsp3) is 0.250. The van der Waals surface area contributed by atoms with Crippen LogP contribution in [0, 0.1) is 0 Å². The second kappa shape index (κ2) is 6.44. The summed E-state index contributed by atoms with van der Waals surface area (Å²) in [6.07, 6.45) is 1.76. The molecule has 2 aromatic carbocycles. The van der Waals surface area contributed by atoms with Crippen molar-refractivity contribution in [2.75, 3.05) is 4.90 Å². The Labute approximate surface area is 151 Å². The van der Waals surface area contributed by atoms with Crippen LogP contribution in [0.3, 0.4) is 0 Å². The molecule has 1 aliphatic heterocycles. The van der Waals surface area contributed by atoms with E-state index >= 15 is 0 Å². The molecular formula is C20H20BrNO2. The molecule has 0 radical (unpaired) electrons. The predicted molar refractivity (Wildman–Crippen MR) is 101 cm³/mol. The zero-order valence-corrected chi connectivity index (χ0v) is 15.6. The van der Waals surface area contributed by atoms with Crippen LogP contribution in [0.15, 0.2) is 59.1 Å². The molecule has 1 aliphatic rings. The van der Waals surface area contributed by atoms with Gasteiger partial charge in [0.15, 0.2) is 0 Å². The first-order valence-electron chi connectivity index (χ1n) is 7.89. The summed E-state index contributed by atoms with van der Waals surface area (Å²) in [5, 5.41) is 0. The van der Waals surface area contributed by atoms with Crippen molar-refractivity contribution >= 4 is 33.3 Å². The zero-order chi connectivity index (χ0) is 17.3. The molecule has 3 nitrogen and oxygen atoms in total. The molecule has 0 spiro atoms. The summed E-state index contributed by atoms with van der Waals surface area (Å²) in [4.78, 5) is 14.6. The molecule has 1 heterocycles. The Morgan fingerprint density at radius 2 is 1.88 bits per heavy atom. The lowest BCUT2D eigenvalue weighted by atomic mass is 9.89. The maximum Gasteiger partial charge on any atom is 0.415 e. The molecule has 24 heavy (non-hydrogen) atoms. The Balaban J connectivity index is 1.91. The summed E-state index contributed by atoms with van der Waals surface area (Å²) in [5.41, 5.74) is 3.60. The Morgan fingerprint density at radius 3 is 2.58 bits per heavy atom. The van der Waals surface area contributed by atoms with Crippen LogP contribution in [0.4, 0.5) is 10.5 Å². The highest BCUT2D eigenvalue weighted by Gasteiger charge is 2.37. The second-order valence-corrected chi connectivity index (χ2v) is 7.43. The van der Waals surface area contributed by atoms with E-state index < -0.39 is 5.54 Å². The van der Waals surface area contributed by atoms with Gasteiger partial charge in [0.25, 0.3) is 0 Å². The van der Waals surface area contributed by atoms with Crippen molar-refractivity contribution in [1.82, 2.24) is 0 Å². The monoisotopic (exact) mass is 385 g/mol. The fourth-order valence-corrected chi connectivity index (χ4v) is 3.47. The molecule has 0 unspecified atom stereocenters. The average molecular weight is 386 g/mol. The second-order valence-electron chi connectivity index (χ2n) is 6.52. The number of fused-ring (bicyclic) bond motifs is 1. The molecule has 0 aliphatic carbocycles. The van der Waals surface area contributed by atoms with Crippen LogP contribution in [0.2, 0.25) is 0 Å². The first kappa shape index (κ1) is 16.8. The minimum Gasteiger partial charge on any atom is -0.444 e. The smallest absolute Gasteiger partial charge is 0.415 e. The van der Waals surface area contributed by atoms with Gasteiger partial charge in [-0.05, 0) is 44.0 Å². The molecule has 1 amide bonds. The van der Waals surface area contributed by atoms with Crippen molar-refractivity contribution in [3.8, 4) is 0 Å². The SMILES string of the molecule is CC1=CC(C)(C)N(C(=O)OCc2ccccc2)c2cc(Br)ccc21. The molecule has 0 atom stereocenters. The van der Waals surface area contributed by atoms with Crippen LogP contribution < -0.4 is 4.90 Å². The number of carbonyl (C=O) groups excluding carboxylic acids is 1. The molecular weight excluding hydrogens is 366 g/mol. The number of rotatable bonds is 2. The lowest BCUT2D eigenvalue weighted by Gasteiger charge is -2.40. The number of benzene rings is 2. The van der Waals surface area contributed by atoms with Crippen molar-refractivity contribution in [3.05, 3.63) is 70.2 Å². The third-order valence-corrected chi connectivity index (χ3v) is 4.65. The van der Waals surface area contributed by atoms with Crippen molar-refractivity contribution in [1.29, 1.82) is 0 Å². The van der Waals surface area contributed by atoms with E-state index in [1.54, 1.807) is 4.90 Å². The standard InChI is InChI=1S/C20H20BrNO2/c1-14-12-20(2,3)22(18-11-16(21)9-10-17(14)18)19(23)24-13-15-7-5-4-6-8-15/h4-12H,13H2,1-3H3. The van der Waals surface area contributed by atoms with E-state index in [1.807, 2.05) is 62.4 Å². The van der Waals surface area contributed by atoms with E-state index in [9.17, 15) is 4.79 Å². The van der Waals surface area contributed by atoms with Crippen molar-refractivity contribution in [3.63, 3.8) is 0 Å². The van der Waals surface area contributed by atoms with Crippen LogP contribution in [-0.2, 0) is 11.3 Å². The first-order valence-corrected chi connectivity index (χ1v) is 8.68. The maximum atomic E-state index is 12.8. The quantitative estimate of drug-likeness (QED) is 0.654. The van der Waals surface area contributed by atoms with E-state index in [-0.39, 0.29) is 12.7 Å². The minimum atomic E-state index is -0.453. The molecule has 0 saturated carbocycles. The number of amides is 1. The molecule has 0 fully saturated rings. The number of carbonyl (C=O) groups is 1. The normalized spacial score (nSPS) is 15.5. The molecule has 0 saturated heterocycles. The van der Waals surface area contributed by atoms with E-state index in [0.717, 1.165) is 26.9 Å². The van der Waals surface area contributed by atoms with Gasteiger partial charge < -0.3 is 4.74 Å². The lowest BCUT2D eigenvalue weighted by Crippen LogP contribution is -2.49. The largest absolute Gasteiger partial charge is 0.444 e. The summed E-state index contributed by atoms with van der Waals surface area (Å²) < 4.78 is 6.52. The molecule has 4 heteroatoms. The van der Waals surface area contributed by atoms with Gasteiger partial charge in [-0.3, -0.25) is 4.90 Å². The highest BCUT2D eigenvalue weighted by Crippen LogP contribution is 2.40. The Morgan fingerprint density at radius 1 is 1.17 bits per heavy atom. The van der Waals surface area contributed by atoms with Crippen LogP contribution in [0.1, 0.15) is 31.9 Å². The molecule has 124 valence electrons. The van der Waals surface area contributed by atoms with E-state index in [4.69, 9.17) is 4.74 Å². The van der Waals surface area contributed by atoms with Crippen molar-refractivity contribution in [2.24, 2.45) is 0 Å². The summed E-state index contributed by atoms with van der Waals surface area (Å²) in [6, 6.07) is 15.7. The summed E-state index contributed by atoms with van der Waals surface area (Å²) in [6.45, 7) is 6.37. The lowest BCUT2D eigenvalue weighted by molar-refractivity contribution is 0.143. The zero-order valence-electron chi connectivity index (χ0n) is 14.0. The number of halogens is 1. The van der Waals surface area contributed by atoms with Gasteiger partial charge in [0.05, 0.1) is 11.2 Å². The molecule has 0 aromatic heterocycles. The summed E-state index contributed by atoms with van der Waals surface area (Å²) >= 11 is 3.50. The third kappa shape index (κ3) is 3.24. The topological polar surface area (TPSA) is 29.5 Å². The molecule has 3 rings (SSSR count). The van der Waals surface area contributed by atoms with Gasteiger partial charge in [0.1, 0.15) is 6.61 Å². The summed E-state index contributed by atoms with van der Waals surface area (Å²) in [5.74, 6) is 0. The van der Waals surface area contributed by atoms with Gasteiger partial charge in [-0.15, -0.1) is 0 Å².